The van der Waals surface area contributed by atoms with Gasteiger partial charge in [0.05, 0.1) is 10.0 Å². The molecule has 6 nitrogen and oxygen atoms in total. The average Bonchev–Trinajstić information content (AvgIpc) is 3.23. The second kappa shape index (κ2) is 9.81. The van der Waals surface area contributed by atoms with Crippen molar-refractivity contribution in [3.8, 4) is 0 Å². The number of alkyl halides is 3. The van der Waals surface area contributed by atoms with Crippen LogP contribution in [0.2, 0.25) is 10.0 Å². The zero-order valence-corrected chi connectivity index (χ0v) is 21.0. The summed E-state index contributed by atoms with van der Waals surface area (Å²) in [6.45, 7) is 0.363. The minimum atomic E-state index is -3.87. The first-order valence-corrected chi connectivity index (χ1v) is 12.0. The zero-order chi connectivity index (χ0) is 25.5. The third-order valence-electron chi connectivity index (χ3n) is 5.41. The first-order chi connectivity index (χ1) is 16.5. The topological polar surface area (TPSA) is 73.5 Å². The molecule has 0 saturated carbocycles. The third kappa shape index (κ3) is 5.18. The summed E-state index contributed by atoms with van der Waals surface area (Å²) < 4.78 is 27.7. The van der Waals surface area contributed by atoms with Gasteiger partial charge >= 0.3 is 5.38 Å². The van der Waals surface area contributed by atoms with Gasteiger partial charge in [-0.3, -0.25) is 14.4 Å². The standard InChI is InChI=1S/C23H16Cl3F2N3O3S/c1-30(11-32)14-6-5-12-9-31(10-13(12)7-14)22(34)19-17(8-18(23(26,27)28)29-21(19)33)35-20-15(24)3-2-4-16(20)25/h2-8,11H,9-10H2,1H3,(H,29,33). The van der Waals surface area contributed by atoms with Crippen LogP contribution in [-0.2, 0) is 23.3 Å². The van der Waals surface area contributed by atoms with E-state index in [0.717, 1.165) is 29.0 Å². The smallest absolute Gasteiger partial charge is 0.330 e. The normalized spacial score (nSPS) is 13.0. The minimum absolute atomic E-state index is 0.0681. The number of nitrogens with zero attached hydrogens (tertiary/aromatic N) is 2. The lowest BCUT2D eigenvalue weighted by atomic mass is 10.1. The SMILES string of the molecule is CN(C=O)c1ccc2c(c1)CN(C(=O)c1c(Sc3c(Cl)cccc3Cl)cc(C(F)(F)Cl)[nH]c1=O)C2. The van der Waals surface area contributed by atoms with E-state index < -0.39 is 22.5 Å². The van der Waals surface area contributed by atoms with Gasteiger partial charge in [0.25, 0.3) is 11.5 Å². The lowest BCUT2D eigenvalue weighted by Crippen LogP contribution is -2.32. The van der Waals surface area contributed by atoms with Gasteiger partial charge in [0.1, 0.15) is 11.3 Å². The summed E-state index contributed by atoms with van der Waals surface area (Å²) in [6.07, 6.45) is 0.663. The zero-order valence-electron chi connectivity index (χ0n) is 18.0. The molecule has 1 aliphatic rings. The highest BCUT2D eigenvalue weighted by Gasteiger charge is 2.34. The van der Waals surface area contributed by atoms with Crippen molar-refractivity contribution in [3.63, 3.8) is 0 Å². The fraction of sp³-hybridized carbons (Fsp3) is 0.174. The van der Waals surface area contributed by atoms with E-state index in [1.165, 1.54) is 9.80 Å². The molecule has 2 amide bonds. The maximum atomic E-state index is 13.9. The Balaban J connectivity index is 1.75. The van der Waals surface area contributed by atoms with Crippen molar-refractivity contribution in [2.75, 3.05) is 11.9 Å². The Morgan fingerprint density at radius 1 is 1.14 bits per heavy atom. The van der Waals surface area contributed by atoms with Gasteiger partial charge < -0.3 is 14.8 Å². The van der Waals surface area contributed by atoms with E-state index in [0.29, 0.717) is 17.0 Å². The predicted octanol–water partition coefficient (Wildman–Crippen LogP) is 5.87. The second-order valence-electron chi connectivity index (χ2n) is 7.73. The summed E-state index contributed by atoms with van der Waals surface area (Å²) in [5, 5.41) is -3.42. The molecule has 35 heavy (non-hydrogen) atoms. The number of anilines is 1. The Bertz CT molecular complexity index is 1370. The maximum absolute atomic E-state index is 13.9. The van der Waals surface area contributed by atoms with E-state index in [4.69, 9.17) is 34.8 Å². The van der Waals surface area contributed by atoms with Crippen LogP contribution in [0.5, 0.6) is 0 Å². The van der Waals surface area contributed by atoms with Crippen LogP contribution in [-0.4, -0.2) is 29.2 Å². The number of carbonyl (C=O) groups is 2. The van der Waals surface area contributed by atoms with Crippen LogP contribution in [0.25, 0.3) is 0 Å². The van der Waals surface area contributed by atoms with E-state index in [2.05, 4.69) is 0 Å². The van der Waals surface area contributed by atoms with Gasteiger partial charge in [-0.1, -0.05) is 47.1 Å². The summed E-state index contributed by atoms with van der Waals surface area (Å²) in [5.74, 6) is -0.664. The number of rotatable bonds is 6. The van der Waals surface area contributed by atoms with Crippen molar-refractivity contribution in [2.24, 2.45) is 0 Å². The molecular formula is C23H16Cl3F2N3O3S. The summed E-state index contributed by atoms with van der Waals surface area (Å²) >= 11 is 18.4. The van der Waals surface area contributed by atoms with Crippen molar-refractivity contribution >= 4 is 64.6 Å². The minimum Gasteiger partial charge on any atom is -0.330 e. The van der Waals surface area contributed by atoms with Gasteiger partial charge in [0, 0.05) is 35.6 Å². The van der Waals surface area contributed by atoms with Gasteiger partial charge in [0.2, 0.25) is 6.41 Å². The molecule has 0 saturated heterocycles. The van der Waals surface area contributed by atoms with Gasteiger partial charge in [-0.15, -0.1) is 0 Å². The van der Waals surface area contributed by atoms with E-state index in [1.807, 2.05) is 4.98 Å². The van der Waals surface area contributed by atoms with Gasteiger partial charge in [0.15, 0.2) is 0 Å². The third-order valence-corrected chi connectivity index (χ3v) is 7.66. The number of aromatic amines is 1. The molecule has 3 aromatic rings. The molecule has 0 atom stereocenters. The number of amides is 2. The Morgan fingerprint density at radius 3 is 2.43 bits per heavy atom. The summed E-state index contributed by atoms with van der Waals surface area (Å²) in [7, 11) is 1.60. The Hall–Kier alpha value is -2.59. The van der Waals surface area contributed by atoms with Crippen LogP contribution >= 0.6 is 46.6 Å². The lowest BCUT2D eigenvalue weighted by Gasteiger charge is -2.19. The number of fused-ring (bicyclic) bond motifs is 1. The van der Waals surface area contributed by atoms with Crippen molar-refractivity contribution in [1.29, 1.82) is 0 Å². The number of halogens is 5. The fourth-order valence-corrected chi connectivity index (χ4v) is 5.37. The maximum Gasteiger partial charge on any atom is 0.362 e. The molecule has 0 bridgehead atoms. The molecule has 0 aliphatic carbocycles. The lowest BCUT2D eigenvalue weighted by molar-refractivity contribution is -0.107. The molecule has 182 valence electrons. The number of hydrogen-bond acceptors (Lipinski definition) is 4. The predicted molar refractivity (Wildman–Crippen MR) is 132 cm³/mol. The molecule has 12 heteroatoms. The monoisotopic (exact) mass is 557 g/mol. The van der Waals surface area contributed by atoms with Crippen LogP contribution in [0.15, 0.2) is 57.1 Å². The van der Waals surface area contributed by atoms with E-state index in [9.17, 15) is 23.2 Å². The van der Waals surface area contributed by atoms with E-state index in [1.54, 1.807) is 43.4 Å². The van der Waals surface area contributed by atoms with Gasteiger partial charge in [-0.25, -0.2) is 0 Å². The van der Waals surface area contributed by atoms with E-state index >= 15 is 0 Å². The summed E-state index contributed by atoms with van der Waals surface area (Å²) in [4.78, 5) is 42.5. The number of aromatic nitrogens is 1. The first kappa shape index (κ1) is 25.5. The first-order valence-electron chi connectivity index (χ1n) is 10.0. The van der Waals surface area contributed by atoms with Crippen LogP contribution in [0.1, 0.15) is 27.2 Å². The highest BCUT2D eigenvalue weighted by Crippen LogP contribution is 2.41. The summed E-state index contributed by atoms with van der Waals surface area (Å²) in [6, 6.07) is 11.0. The fourth-order valence-electron chi connectivity index (χ4n) is 3.62. The molecule has 1 N–H and O–H groups in total. The molecule has 0 unspecified atom stereocenters. The molecule has 0 radical (unpaired) electrons. The largest absolute Gasteiger partial charge is 0.362 e. The van der Waals surface area contributed by atoms with Crippen LogP contribution in [0.4, 0.5) is 14.5 Å². The number of hydrogen-bond donors (Lipinski definition) is 1. The molecule has 1 aliphatic heterocycles. The van der Waals surface area contributed by atoms with Crippen molar-refractivity contribution in [3.05, 3.63) is 85.2 Å². The van der Waals surface area contributed by atoms with Gasteiger partial charge in [-0.2, -0.15) is 8.78 Å². The van der Waals surface area contributed by atoms with Crippen molar-refractivity contribution < 1.29 is 18.4 Å². The number of benzene rings is 2. The average molecular weight is 559 g/mol. The van der Waals surface area contributed by atoms with Crippen molar-refractivity contribution in [2.45, 2.75) is 28.3 Å². The molecule has 0 fully saturated rings. The van der Waals surface area contributed by atoms with E-state index in [-0.39, 0.29) is 33.6 Å². The van der Waals surface area contributed by atoms with Gasteiger partial charge in [-0.05, 0) is 53.1 Å². The number of nitrogens with one attached hydrogen (secondary N) is 1. The molecule has 1 aromatic heterocycles. The van der Waals surface area contributed by atoms with Crippen molar-refractivity contribution in [1.82, 2.24) is 9.88 Å². The molecule has 4 rings (SSSR count). The number of pyridine rings is 1. The second-order valence-corrected chi connectivity index (χ2v) is 10.1. The summed E-state index contributed by atoms with van der Waals surface area (Å²) in [5.41, 5.74) is 0.0599. The molecule has 2 heterocycles. The van der Waals surface area contributed by atoms with Crippen LogP contribution in [0, 0.1) is 0 Å². The molecule has 2 aromatic carbocycles. The number of H-pyrrole nitrogens is 1. The quantitative estimate of drug-likeness (QED) is 0.303. The molecular weight excluding hydrogens is 543 g/mol. The van der Waals surface area contributed by atoms with Crippen LogP contribution in [0.3, 0.4) is 0 Å². The Labute approximate surface area is 217 Å². The highest BCUT2D eigenvalue weighted by molar-refractivity contribution is 7.99. The highest BCUT2D eigenvalue weighted by atomic mass is 35.5. The Morgan fingerprint density at radius 2 is 1.80 bits per heavy atom. The number of carbonyl (C=O) groups excluding carboxylic acids is 2. The Kier molecular flexibility index (Phi) is 7.15. The molecule has 0 spiro atoms. The van der Waals surface area contributed by atoms with Crippen LogP contribution < -0.4 is 10.5 Å².